The molecular weight excluding hydrogens is 398 g/mol. The average molecular weight is 463 g/mol. The lowest BCUT2D eigenvalue weighted by Crippen LogP contribution is -3.13. The first kappa shape index (κ1) is 30.7. The number of piperidine rings is 1. The van der Waals surface area contributed by atoms with Gasteiger partial charge in [-0.15, -0.1) is 0 Å². The van der Waals surface area contributed by atoms with E-state index in [1.165, 1.54) is 174 Å². The van der Waals surface area contributed by atoms with E-state index in [4.69, 9.17) is 0 Å². The van der Waals surface area contributed by atoms with Crippen LogP contribution in [0.3, 0.4) is 0 Å². The summed E-state index contributed by atoms with van der Waals surface area (Å²) in [4.78, 5) is 1.92. The van der Waals surface area contributed by atoms with Gasteiger partial charge in [-0.2, -0.15) is 0 Å². The maximum absolute atomic E-state index is 2.45. The zero-order valence-electron chi connectivity index (χ0n) is 23.3. The van der Waals surface area contributed by atoms with Crippen molar-refractivity contribution in [2.75, 3.05) is 19.6 Å². The van der Waals surface area contributed by atoms with Crippen LogP contribution in [0.15, 0.2) is 12.2 Å². The largest absolute Gasteiger partial charge is 0.335 e. The molecule has 0 aromatic rings. The third-order valence-electron chi connectivity index (χ3n) is 8.07. The van der Waals surface area contributed by atoms with Gasteiger partial charge >= 0.3 is 0 Å². The number of quaternary nitrogens is 1. The molecule has 1 saturated heterocycles. The number of hydrogen-bond acceptors (Lipinski definition) is 0. The van der Waals surface area contributed by atoms with E-state index in [1.807, 2.05) is 4.90 Å². The van der Waals surface area contributed by atoms with Gasteiger partial charge in [-0.3, -0.25) is 0 Å². The zero-order valence-corrected chi connectivity index (χ0v) is 23.3. The van der Waals surface area contributed by atoms with Gasteiger partial charge < -0.3 is 4.90 Å². The van der Waals surface area contributed by atoms with Crippen LogP contribution in [0.25, 0.3) is 0 Å². The Morgan fingerprint density at radius 1 is 0.515 bits per heavy atom. The Morgan fingerprint density at radius 3 is 1.45 bits per heavy atom. The molecule has 0 aromatic heterocycles. The summed E-state index contributed by atoms with van der Waals surface area (Å²) in [6.45, 7) is 8.99. The van der Waals surface area contributed by atoms with Crippen molar-refractivity contribution < 1.29 is 4.90 Å². The van der Waals surface area contributed by atoms with Crippen molar-refractivity contribution >= 4 is 0 Å². The van der Waals surface area contributed by atoms with E-state index in [0.29, 0.717) is 0 Å². The normalized spacial score (nSPS) is 19.0. The predicted octanol–water partition coefficient (Wildman–Crippen LogP) is 9.46. The molecule has 0 amide bonds. The lowest BCUT2D eigenvalue weighted by Gasteiger charge is -2.29. The molecule has 1 aliphatic rings. The highest BCUT2D eigenvalue weighted by Gasteiger charge is 2.21. The minimum absolute atomic E-state index is 1.06. The highest BCUT2D eigenvalue weighted by atomic mass is 15.1. The quantitative estimate of drug-likeness (QED) is 0.108. The summed E-state index contributed by atoms with van der Waals surface area (Å²) < 4.78 is 0. The van der Waals surface area contributed by atoms with Crippen molar-refractivity contribution in [2.45, 2.75) is 168 Å². The van der Waals surface area contributed by atoms with Gasteiger partial charge in [0.1, 0.15) is 0 Å². The molecule has 1 heteroatoms. The molecule has 0 saturated carbocycles. The van der Waals surface area contributed by atoms with Crippen LogP contribution in [0.5, 0.6) is 0 Å². The summed E-state index contributed by atoms with van der Waals surface area (Å²) in [5, 5.41) is 0. The molecule has 1 N–H and O–H groups in total. The monoisotopic (exact) mass is 463 g/mol. The van der Waals surface area contributed by atoms with Crippen LogP contribution in [-0.4, -0.2) is 19.6 Å². The second-order valence-electron chi connectivity index (χ2n) is 11.3. The summed E-state index contributed by atoms with van der Waals surface area (Å²) in [5.74, 6) is 1.06. The molecule has 0 spiro atoms. The van der Waals surface area contributed by atoms with Crippen molar-refractivity contribution in [1.82, 2.24) is 0 Å². The summed E-state index contributed by atoms with van der Waals surface area (Å²) in [6.07, 6.45) is 39.5. The Bertz CT molecular complexity index is 393. The second-order valence-corrected chi connectivity index (χ2v) is 11.3. The van der Waals surface area contributed by atoms with Gasteiger partial charge in [0.2, 0.25) is 0 Å². The fraction of sp³-hybridized carbons (Fsp3) is 0.938. The number of hydrogen-bond donors (Lipinski definition) is 1. The third-order valence-corrected chi connectivity index (χ3v) is 8.07. The minimum atomic E-state index is 1.06. The molecule has 1 heterocycles. The summed E-state index contributed by atoms with van der Waals surface area (Å²) in [7, 11) is 0. The maximum Gasteiger partial charge on any atom is 0.0773 e. The van der Waals surface area contributed by atoms with Crippen molar-refractivity contribution in [3.8, 4) is 0 Å². The Kier molecular flexibility index (Phi) is 23.1. The van der Waals surface area contributed by atoms with E-state index in [0.717, 1.165) is 5.92 Å². The number of unbranched alkanes of at least 4 members (excludes halogenated alkanes) is 18. The fourth-order valence-corrected chi connectivity index (χ4v) is 5.64. The van der Waals surface area contributed by atoms with Crippen LogP contribution in [0, 0.1) is 5.92 Å². The predicted molar refractivity (Wildman–Crippen MR) is 150 cm³/mol. The molecule has 33 heavy (non-hydrogen) atoms. The molecule has 1 fully saturated rings. The van der Waals surface area contributed by atoms with Crippen molar-refractivity contribution in [2.24, 2.45) is 5.92 Å². The number of allylic oxidation sites excluding steroid dienone is 2. The highest BCUT2D eigenvalue weighted by Crippen LogP contribution is 2.19. The van der Waals surface area contributed by atoms with Gasteiger partial charge in [-0.1, -0.05) is 129 Å². The van der Waals surface area contributed by atoms with E-state index in [2.05, 4.69) is 26.0 Å². The van der Waals surface area contributed by atoms with Gasteiger partial charge in [0, 0.05) is 0 Å². The fourth-order valence-electron chi connectivity index (χ4n) is 5.64. The third kappa shape index (κ3) is 20.8. The van der Waals surface area contributed by atoms with E-state index in [1.54, 1.807) is 0 Å². The van der Waals surface area contributed by atoms with Crippen molar-refractivity contribution in [3.05, 3.63) is 12.2 Å². The Labute approximate surface area is 210 Å². The van der Waals surface area contributed by atoms with E-state index in [9.17, 15) is 0 Å². The van der Waals surface area contributed by atoms with E-state index in [-0.39, 0.29) is 0 Å². The molecule has 0 aromatic carbocycles. The van der Waals surface area contributed by atoms with Crippen LogP contribution in [0.1, 0.15) is 168 Å². The van der Waals surface area contributed by atoms with Crippen LogP contribution in [0.2, 0.25) is 0 Å². The average Bonchev–Trinajstić information content (AvgIpc) is 2.84. The first-order chi connectivity index (χ1) is 16.4. The molecule has 0 bridgehead atoms. The molecule has 1 aliphatic heterocycles. The molecule has 1 rings (SSSR count). The highest BCUT2D eigenvalue weighted by molar-refractivity contribution is 4.81. The SMILES string of the molecule is CCCCCCCC/C=C\CCCCCCCC[NH+]1CCC(CCCCCCCCC)CC1. The minimum Gasteiger partial charge on any atom is -0.335 e. The molecule has 196 valence electrons. The smallest absolute Gasteiger partial charge is 0.0773 e. The summed E-state index contributed by atoms with van der Waals surface area (Å²) in [6, 6.07) is 0. The number of nitrogens with one attached hydrogen (secondary N) is 1. The number of rotatable bonds is 24. The summed E-state index contributed by atoms with van der Waals surface area (Å²) in [5.41, 5.74) is 0. The van der Waals surface area contributed by atoms with Crippen molar-refractivity contribution in [3.63, 3.8) is 0 Å². The van der Waals surface area contributed by atoms with Gasteiger partial charge in [-0.25, -0.2) is 0 Å². The van der Waals surface area contributed by atoms with Gasteiger partial charge in [-0.05, 0) is 57.3 Å². The van der Waals surface area contributed by atoms with Gasteiger partial charge in [0.15, 0.2) is 0 Å². The van der Waals surface area contributed by atoms with Crippen molar-refractivity contribution in [1.29, 1.82) is 0 Å². The van der Waals surface area contributed by atoms with E-state index < -0.39 is 0 Å². The first-order valence-electron chi connectivity index (χ1n) is 15.8. The van der Waals surface area contributed by atoms with Gasteiger partial charge in [0.25, 0.3) is 0 Å². The molecule has 0 radical (unpaired) electrons. The number of likely N-dealkylation sites (tertiary alicyclic amines) is 1. The summed E-state index contributed by atoms with van der Waals surface area (Å²) >= 11 is 0. The molecule has 0 aliphatic carbocycles. The topological polar surface area (TPSA) is 4.44 Å². The van der Waals surface area contributed by atoms with Crippen LogP contribution in [0.4, 0.5) is 0 Å². The molecule has 1 nitrogen and oxygen atoms in total. The lowest BCUT2D eigenvalue weighted by atomic mass is 9.91. The zero-order chi connectivity index (χ0) is 23.7. The molecule has 0 unspecified atom stereocenters. The lowest BCUT2D eigenvalue weighted by molar-refractivity contribution is -0.906. The Morgan fingerprint density at radius 2 is 0.939 bits per heavy atom. The van der Waals surface area contributed by atoms with E-state index >= 15 is 0 Å². The van der Waals surface area contributed by atoms with Crippen LogP contribution in [-0.2, 0) is 0 Å². The van der Waals surface area contributed by atoms with Gasteiger partial charge in [0.05, 0.1) is 19.6 Å². The molecular formula is C32H64N+. The maximum atomic E-state index is 2.45. The first-order valence-corrected chi connectivity index (χ1v) is 15.8. The molecule has 0 atom stereocenters. The Balaban J connectivity index is 1.78. The van der Waals surface area contributed by atoms with Crippen LogP contribution >= 0.6 is 0 Å². The Hall–Kier alpha value is -0.300. The standard InChI is InChI=1S/C32H63N/c1-3-5-7-9-11-12-13-14-15-16-17-18-19-21-23-25-29-33-30-27-32(28-31-33)26-24-22-20-10-8-6-4-2/h14-15,32H,3-13,16-31H2,1-2H3/p+1/b15-14-. The van der Waals surface area contributed by atoms with Crippen LogP contribution < -0.4 is 4.90 Å². The second kappa shape index (κ2) is 24.8.